The summed E-state index contributed by atoms with van der Waals surface area (Å²) >= 11 is 0. The Labute approximate surface area is 114 Å². The fourth-order valence-electron chi connectivity index (χ4n) is 1.53. The lowest BCUT2D eigenvalue weighted by Crippen LogP contribution is -2.36. The van der Waals surface area contributed by atoms with Gasteiger partial charge in [-0.2, -0.15) is 0 Å². The molecule has 1 amide bonds. The van der Waals surface area contributed by atoms with Crippen LogP contribution in [-0.2, 0) is 19.1 Å². The van der Waals surface area contributed by atoms with E-state index >= 15 is 0 Å². The van der Waals surface area contributed by atoms with Crippen molar-refractivity contribution in [3.63, 3.8) is 0 Å². The first-order valence-corrected chi connectivity index (χ1v) is 6.77. The third-order valence-electron chi connectivity index (χ3n) is 2.45. The van der Waals surface area contributed by atoms with Crippen LogP contribution in [0.25, 0.3) is 0 Å². The molecular formula is C13H25NO5. The van der Waals surface area contributed by atoms with Crippen molar-refractivity contribution in [3.8, 4) is 0 Å². The van der Waals surface area contributed by atoms with Gasteiger partial charge in [-0.15, -0.1) is 0 Å². The van der Waals surface area contributed by atoms with Gasteiger partial charge in [0.15, 0.2) is 0 Å². The Bertz CT molecular complexity index is 257. The van der Waals surface area contributed by atoms with Gasteiger partial charge in [-0.1, -0.05) is 6.92 Å². The minimum absolute atomic E-state index is 0.0133. The molecule has 0 radical (unpaired) electrons. The third-order valence-corrected chi connectivity index (χ3v) is 2.45. The molecule has 0 heterocycles. The number of carbonyl (C=O) groups is 2. The molecule has 112 valence electrons. The van der Waals surface area contributed by atoms with Gasteiger partial charge >= 0.3 is 5.97 Å². The summed E-state index contributed by atoms with van der Waals surface area (Å²) in [7, 11) is 0. The quantitative estimate of drug-likeness (QED) is 0.441. The Morgan fingerprint density at radius 2 is 1.84 bits per heavy atom. The van der Waals surface area contributed by atoms with Crippen molar-refractivity contribution in [1.82, 2.24) is 4.90 Å². The first-order valence-electron chi connectivity index (χ1n) is 6.77. The molecule has 0 atom stereocenters. The molecule has 0 aromatic rings. The van der Waals surface area contributed by atoms with Crippen molar-refractivity contribution in [3.05, 3.63) is 0 Å². The van der Waals surface area contributed by atoms with Crippen molar-refractivity contribution in [1.29, 1.82) is 0 Å². The van der Waals surface area contributed by atoms with E-state index in [9.17, 15) is 9.59 Å². The summed E-state index contributed by atoms with van der Waals surface area (Å²) in [6.45, 7) is 5.39. The molecule has 0 fully saturated rings. The van der Waals surface area contributed by atoms with E-state index in [2.05, 4.69) is 0 Å². The lowest BCUT2D eigenvalue weighted by atomic mass is 10.2. The smallest absolute Gasteiger partial charge is 0.307 e. The van der Waals surface area contributed by atoms with E-state index in [1.54, 1.807) is 11.8 Å². The van der Waals surface area contributed by atoms with Crippen LogP contribution in [0, 0.1) is 0 Å². The molecule has 0 aliphatic rings. The molecular weight excluding hydrogens is 250 g/mol. The summed E-state index contributed by atoms with van der Waals surface area (Å²) < 4.78 is 9.97. The van der Waals surface area contributed by atoms with E-state index in [-0.39, 0.29) is 31.5 Å². The van der Waals surface area contributed by atoms with Crippen LogP contribution in [-0.4, -0.2) is 61.4 Å². The number of rotatable bonds is 11. The van der Waals surface area contributed by atoms with E-state index in [1.165, 1.54) is 0 Å². The van der Waals surface area contributed by atoms with Crippen LogP contribution in [0.1, 0.15) is 33.1 Å². The highest BCUT2D eigenvalue weighted by Crippen LogP contribution is 2.01. The van der Waals surface area contributed by atoms with Gasteiger partial charge in [0.2, 0.25) is 5.91 Å². The lowest BCUT2D eigenvalue weighted by molar-refractivity contribution is -0.144. The average molecular weight is 275 g/mol. The molecule has 0 aromatic carbocycles. The maximum Gasteiger partial charge on any atom is 0.307 e. The highest BCUT2D eigenvalue weighted by molar-refractivity contribution is 5.77. The van der Waals surface area contributed by atoms with Gasteiger partial charge in [-0.25, -0.2) is 0 Å². The molecule has 0 saturated heterocycles. The molecule has 0 aromatic heterocycles. The van der Waals surface area contributed by atoms with Crippen LogP contribution in [0.5, 0.6) is 0 Å². The van der Waals surface area contributed by atoms with Gasteiger partial charge in [0, 0.05) is 19.5 Å². The molecule has 0 aliphatic carbocycles. The molecule has 0 aliphatic heterocycles. The van der Waals surface area contributed by atoms with Gasteiger partial charge in [0.1, 0.15) is 0 Å². The fraction of sp³-hybridized carbons (Fsp3) is 0.846. The maximum absolute atomic E-state index is 11.8. The summed E-state index contributed by atoms with van der Waals surface area (Å²) in [6, 6.07) is 0. The molecule has 19 heavy (non-hydrogen) atoms. The maximum atomic E-state index is 11.8. The minimum Gasteiger partial charge on any atom is -0.466 e. The number of esters is 1. The van der Waals surface area contributed by atoms with E-state index < -0.39 is 0 Å². The van der Waals surface area contributed by atoms with Gasteiger partial charge in [-0.05, 0) is 13.3 Å². The van der Waals surface area contributed by atoms with Crippen LogP contribution >= 0.6 is 0 Å². The topological polar surface area (TPSA) is 76.1 Å². The van der Waals surface area contributed by atoms with E-state index in [4.69, 9.17) is 14.6 Å². The molecule has 1 N–H and O–H groups in total. The molecule has 0 spiro atoms. The SMILES string of the molecule is CCCC(=O)N(CCOCCO)CCC(=O)OCC. The lowest BCUT2D eigenvalue weighted by Gasteiger charge is -2.22. The van der Waals surface area contributed by atoms with Crippen molar-refractivity contribution in [2.45, 2.75) is 33.1 Å². The van der Waals surface area contributed by atoms with Gasteiger partial charge < -0.3 is 19.5 Å². The average Bonchev–Trinajstić information content (AvgIpc) is 2.38. The van der Waals surface area contributed by atoms with Crippen molar-refractivity contribution < 1.29 is 24.2 Å². The van der Waals surface area contributed by atoms with E-state index in [0.717, 1.165) is 6.42 Å². The minimum atomic E-state index is -0.298. The monoisotopic (exact) mass is 275 g/mol. The molecule has 6 nitrogen and oxygen atoms in total. The van der Waals surface area contributed by atoms with Crippen molar-refractivity contribution in [2.24, 2.45) is 0 Å². The first kappa shape index (κ1) is 17.9. The Balaban J connectivity index is 4.09. The second kappa shape index (κ2) is 11.9. The van der Waals surface area contributed by atoms with Gasteiger partial charge in [0.25, 0.3) is 0 Å². The summed E-state index contributed by atoms with van der Waals surface area (Å²) in [5.74, 6) is -0.285. The summed E-state index contributed by atoms with van der Waals surface area (Å²) in [5, 5.41) is 8.59. The largest absolute Gasteiger partial charge is 0.466 e. The van der Waals surface area contributed by atoms with E-state index in [0.29, 0.717) is 32.7 Å². The zero-order chi connectivity index (χ0) is 14.5. The number of nitrogens with zero attached hydrogens (tertiary/aromatic N) is 1. The Morgan fingerprint density at radius 3 is 2.42 bits per heavy atom. The zero-order valence-corrected chi connectivity index (χ0v) is 11.9. The normalized spacial score (nSPS) is 10.3. The van der Waals surface area contributed by atoms with Crippen molar-refractivity contribution >= 4 is 11.9 Å². The molecule has 0 bridgehead atoms. The molecule has 6 heteroatoms. The highest BCUT2D eigenvalue weighted by Gasteiger charge is 2.14. The number of aliphatic hydroxyl groups is 1. The summed E-state index contributed by atoms with van der Waals surface area (Å²) in [4.78, 5) is 24.7. The summed E-state index contributed by atoms with van der Waals surface area (Å²) in [5.41, 5.74) is 0. The zero-order valence-electron chi connectivity index (χ0n) is 11.9. The highest BCUT2D eigenvalue weighted by atomic mass is 16.5. The van der Waals surface area contributed by atoms with Crippen LogP contribution < -0.4 is 0 Å². The number of aliphatic hydroxyl groups excluding tert-OH is 1. The number of hydrogen-bond donors (Lipinski definition) is 1. The first-order chi connectivity index (χ1) is 9.15. The standard InChI is InChI=1S/C13H25NO5/c1-3-5-12(16)14(8-10-18-11-9-15)7-6-13(17)19-4-2/h15H,3-11H2,1-2H3. The number of hydrogen-bond acceptors (Lipinski definition) is 5. The Morgan fingerprint density at radius 1 is 1.11 bits per heavy atom. The number of amides is 1. The second-order valence-corrected chi connectivity index (χ2v) is 4.02. The Hall–Kier alpha value is -1.14. The number of carbonyl (C=O) groups excluding carboxylic acids is 2. The molecule has 0 unspecified atom stereocenters. The predicted octanol–water partition coefficient (Wildman–Crippen LogP) is 0.577. The van der Waals surface area contributed by atoms with Crippen LogP contribution in [0.3, 0.4) is 0 Å². The van der Waals surface area contributed by atoms with Gasteiger partial charge in [0.05, 0.1) is 32.8 Å². The van der Waals surface area contributed by atoms with E-state index in [1.807, 2.05) is 6.92 Å². The second-order valence-electron chi connectivity index (χ2n) is 4.02. The number of ether oxygens (including phenoxy) is 2. The molecule has 0 rings (SSSR count). The van der Waals surface area contributed by atoms with Crippen molar-refractivity contribution in [2.75, 3.05) is 39.5 Å². The van der Waals surface area contributed by atoms with Crippen LogP contribution in [0.15, 0.2) is 0 Å². The third kappa shape index (κ3) is 9.44. The predicted molar refractivity (Wildman–Crippen MR) is 70.6 cm³/mol. The Kier molecular flexibility index (Phi) is 11.2. The summed E-state index contributed by atoms with van der Waals surface area (Å²) in [6.07, 6.45) is 1.43. The fourth-order valence-corrected chi connectivity index (χ4v) is 1.53. The van der Waals surface area contributed by atoms with Crippen LogP contribution in [0.2, 0.25) is 0 Å². The molecule has 0 saturated carbocycles. The van der Waals surface area contributed by atoms with Gasteiger partial charge in [-0.3, -0.25) is 9.59 Å². The van der Waals surface area contributed by atoms with Crippen LogP contribution in [0.4, 0.5) is 0 Å².